The molecule has 1 atom stereocenters. The summed E-state index contributed by atoms with van der Waals surface area (Å²) in [6, 6.07) is 11.9. The standard InChI is InChI=1S/C17H21NO2/c1-3-17(19,11-14-8-6-5-7-9-14)15-10-16(20-4-2)13-18-12-15/h5-10,12-13,19H,3-4,11H2,1-2H3. The van der Waals surface area contributed by atoms with Gasteiger partial charge in [-0.2, -0.15) is 0 Å². The van der Waals surface area contributed by atoms with Gasteiger partial charge in [0.15, 0.2) is 0 Å². The van der Waals surface area contributed by atoms with Crippen LogP contribution in [0.4, 0.5) is 0 Å². The Bertz CT molecular complexity index is 542. The van der Waals surface area contributed by atoms with Gasteiger partial charge in [0.2, 0.25) is 0 Å². The van der Waals surface area contributed by atoms with Gasteiger partial charge in [-0.25, -0.2) is 0 Å². The van der Waals surface area contributed by atoms with Gasteiger partial charge in [0.25, 0.3) is 0 Å². The van der Waals surface area contributed by atoms with Crippen LogP contribution >= 0.6 is 0 Å². The maximum Gasteiger partial charge on any atom is 0.137 e. The minimum Gasteiger partial charge on any atom is -0.492 e. The van der Waals surface area contributed by atoms with Gasteiger partial charge >= 0.3 is 0 Å². The van der Waals surface area contributed by atoms with Crippen molar-refractivity contribution in [1.29, 1.82) is 0 Å². The fraction of sp³-hybridized carbons (Fsp3) is 0.353. The van der Waals surface area contributed by atoms with E-state index in [1.165, 1.54) is 0 Å². The van der Waals surface area contributed by atoms with Gasteiger partial charge in [-0.1, -0.05) is 37.3 Å². The normalized spacial score (nSPS) is 13.8. The van der Waals surface area contributed by atoms with Crippen LogP contribution in [0.2, 0.25) is 0 Å². The molecule has 0 bridgehead atoms. The Morgan fingerprint density at radius 3 is 2.55 bits per heavy atom. The van der Waals surface area contributed by atoms with E-state index >= 15 is 0 Å². The van der Waals surface area contributed by atoms with Crippen molar-refractivity contribution in [3.05, 3.63) is 59.9 Å². The van der Waals surface area contributed by atoms with Gasteiger partial charge in [-0.15, -0.1) is 0 Å². The molecule has 0 amide bonds. The summed E-state index contributed by atoms with van der Waals surface area (Å²) in [6.45, 7) is 4.51. The average Bonchev–Trinajstić information content (AvgIpc) is 2.49. The average molecular weight is 271 g/mol. The molecule has 1 aromatic carbocycles. The molecule has 0 radical (unpaired) electrons. The maximum absolute atomic E-state index is 10.9. The minimum atomic E-state index is -0.915. The zero-order chi connectivity index (χ0) is 14.4. The molecule has 1 N–H and O–H groups in total. The number of aromatic nitrogens is 1. The van der Waals surface area contributed by atoms with Crippen molar-refractivity contribution in [2.75, 3.05) is 6.61 Å². The van der Waals surface area contributed by atoms with E-state index in [0.29, 0.717) is 25.2 Å². The quantitative estimate of drug-likeness (QED) is 0.876. The van der Waals surface area contributed by atoms with Gasteiger partial charge < -0.3 is 9.84 Å². The molecular weight excluding hydrogens is 250 g/mol. The van der Waals surface area contributed by atoms with Gasteiger partial charge in [0.1, 0.15) is 5.75 Å². The van der Waals surface area contributed by atoms with Crippen LogP contribution < -0.4 is 4.74 Å². The Kier molecular flexibility index (Phi) is 4.74. The Morgan fingerprint density at radius 1 is 1.15 bits per heavy atom. The molecule has 3 nitrogen and oxygen atoms in total. The number of hydrogen-bond acceptors (Lipinski definition) is 3. The minimum absolute atomic E-state index is 0.571. The molecule has 0 spiro atoms. The van der Waals surface area contributed by atoms with E-state index in [0.717, 1.165) is 11.1 Å². The molecule has 106 valence electrons. The van der Waals surface area contributed by atoms with Crippen LogP contribution in [0.3, 0.4) is 0 Å². The molecule has 3 heteroatoms. The lowest BCUT2D eigenvalue weighted by atomic mass is 9.86. The van der Waals surface area contributed by atoms with E-state index in [4.69, 9.17) is 4.74 Å². The highest BCUT2D eigenvalue weighted by molar-refractivity contribution is 5.30. The number of hydrogen-bond donors (Lipinski definition) is 1. The van der Waals surface area contributed by atoms with Crippen LogP contribution in [-0.4, -0.2) is 16.7 Å². The van der Waals surface area contributed by atoms with Gasteiger partial charge in [0.05, 0.1) is 18.4 Å². The van der Waals surface area contributed by atoms with Crippen molar-refractivity contribution in [3.8, 4) is 5.75 Å². The van der Waals surface area contributed by atoms with Crippen LogP contribution in [0.5, 0.6) is 5.75 Å². The van der Waals surface area contributed by atoms with Crippen molar-refractivity contribution >= 4 is 0 Å². The molecular formula is C17H21NO2. The first kappa shape index (κ1) is 14.5. The van der Waals surface area contributed by atoms with Crippen LogP contribution in [-0.2, 0) is 12.0 Å². The van der Waals surface area contributed by atoms with E-state index in [1.54, 1.807) is 12.4 Å². The Labute approximate surface area is 120 Å². The lowest BCUT2D eigenvalue weighted by Gasteiger charge is -2.27. The summed E-state index contributed by atoms with van der Waals surface area (Å²) in [5.41, 5.74) is 0.995. The summed E-state index contributed by atoms with van der Waals surface area (Å²) in [7, 11) is 0. The second-order valence-electron chi connectivity index (χ2n) is 4.89. The van der Waals surface area contributed by atoms with E-state index in [-0.39, 0.29) is 0 Å². The van der Waals surface area contributed by atoms with Crippen molar-refractivity contribution < 1.29 is 9.84 Å². The van der Waals surface area contributed by atoms with Crippen molar-refractivity contribution in [2.45, 2.75) is 32.3 Å². The number of pyridine rings is 1. The molecule has 0 saturated carbocycles. The van der Waals surface area contributed by atoms with E-state index in [2.05, 4.69) is 4.98 Å². The lowest BCUT2D eigenvalue weighted by molar-refractivity contribution is 0.0321. The van der Waals surface area contributed by atoms with Gasteiger partial charge in [-0.3, -0.25) is 4.98 Å². The number of benzene rings is 1. The Balaban J connectivity index is 2.27. The maximum atomic E-state index is 10.9. The monoisotopic (exact) mass is 271 g/mol. The third-order valence-corrected chi connectivity index (χ3v) is 3.49. The SMILES string of the molecule is CCOc1cncc(C(O)(CC)Cc2ccccc2)c1. The fourth-order valence-electron chi connectivity index (χ4n) is 2.28. The molecule has 0 aliphatic carbocycles. The second kappa shape index (κ2) is 6.53. The summed E-state index contributed by atoms with van der Waals surface area (Å²) >= 11 is 0. The van der Waals surface area contributed by atoms with Crippen molar-refractivity contribution in [1.82, 2.24) is 4.98 Å². The van der Waals surface area contributed by atoms with Crippen LogP contribution in [0, 0.1) is 0 Å². The summed E-state index contributed by atoms with van der Waals surface area (Å²) in [6.07, 6.45) is 4.58. The van der Waals surface area contributed by atoms with Crippen LogP contribution in [0.15, 0.2) is 48.8 Å². The van der Waals surface area contributed by atoms with E-state index < -0.39 is 5.60 Å². The number of aliphatic hydroxyl groups is 1. The highest BCUT2D eigenvalue weighted by Crippen LogP contribution is 2.30. The molecule has 0 saturated heterocycles. The molecule has 20 heavy (non-hydrogen) atoms. The highest BCUT2D eigenvalue weighted by atomic mass is 16.5. The Morgan fingerprint density at radius 2 is 1.90 bits per heavy atom. The Hall–Kier alpha value is -1.87. The van der Waals surface area contributed by atoms with Crippen LogP contribution in [0.1, 0.15) is 31.4 Å². The molecule has 2 rings (SSSR count). The molecule has 0 aliphatic rings. The smallest absolute Gasteiger partial charge is 0.137 e. The number of nitrogens with zero attached hydrogens (tertiary/aromatic N) is 1. The first-order valence-electron chi connectivity index (χ1n) is 7.02. The molecule has 1 unspecified atom stereocenters. The van der Waals surface area contributed by atoms with Crippen molar-refractivity contribution in [3.63, 3.8) is 0 Å². The van der Waals surface area contributed by atoms with Crippen LogP contribution in [0.25, 0.3) is 0 Å². The largest absolute Gasteiger partial charge is 0.492 e. The van der Waals surface area contributed by atoms with E-state index in [9.17, 15) is 5.11 Å². The first-order chi connectivity index (χ1) is 9.68. The fourth-order valence-corrected chi connectivity index (χ4v) is 2.28. The molecule has 0 fully saturated rings. The van der Waals surface area contributed by atoms with Gasteiger partial charge in [-0.05, 0) is 25.0 Å². The summed E-state index contributed by atoms with van der Waals surface area (Å²) in [5, 5.41) is 10.9. The highest BCUT2D eigenvalue weighted by Gasteiger charge is 2.28. The lowest BCUT2D eigenvalue weighted by Crippen LogP contribution is -2.28. The third-order valence-electron chi connectivity index (χ3n) is 3.49. The van der Waals surface area contributed by atoms with Crippen molar-refractivity contribution in [2.24, 2.45) is 0 Å². The molecule has 1 aromatic heterocycles. The number of ether oxygens (including phenoxy) is 1. The zero-order valence-electron chi connectivity index (χ0n) is 12.0. The summed E-state index contributed by atoms with van der Waals surface area (Å²) < 4.78 is 5.46. The van der Waals surface area contributed by atoms with E-state index in [1.807, 2.05) is 50.2 Å². The van der Waals surface area contributed by atoms with Gasteiger partial charge in [0, 0.05) is 18.2 Å². The number of rotatable bonds is 6. The third kappa shape index (κ3) is 3.36. The topological polar surface area (TPSA) is 42.4 Å². The first-order valence-corrected chi connectivity index (χ1v) is 7.02. The molecule has 2 aromatic rings. The summed E-state index contributed by atoms with van der Waals surface area (Å²) in [4.78, 5) is 4.17. The molecule has 1 heterocycles. The zero-order valence-corrected chi connectivity index (χ0v) is 12.0. The predicted molar refractivity (Wildman–Crippen MR) is 79.7 cm³/mol. The second-order valence-corrected chi connectivity index (χ2v) is 4.89. The molecule has 0 aliphatic heterocycles. The predicted octanol–water partition coefficient (Wildman–Crippen LogP) is 3.32. The summed E-state index contributed by atoms with van der Waals surface area (Å²) in [5.74, 6) is 0.699.